The molecule has 0 amide bonds. The number of anilines is 1. The van der Waals surface area contributed by atoms with Gasteiger partial charge in [-0.1, -0.05) is 32.9 Å². The van der Waals surface area contributed by atoms with E-state index in [1.165, 1.54) is 0 Å². The van der Waals surface area contributed by atoms with Gasteiger partial charge in [0.1, 0.15) is 16.4 Å². The molecule has 0 radical (unpaired) electrons. The lowest BCUT2D eigenvalue weighted by molar-refractivity contribution is 0.306. The van der Waals surface area contributed by atoms with E-state index in [4.69, 9.17) is 9.47 Å². The maximum Gasteiger partial charge on any atom is 0.246 e. The first kappa shape index (κ1) is 24.4. The summed E-state index contributed by atoms with van der Waals surface area (Å²) in [6.45, 7) is 13.3. The fourth-order valence-corrected chi connectivity index (χ4v) is 5.70. The van der Waals surface area contributed by atoms with Crippen LogP contribution < -0.4 is 14.4 Å². The lowest BCUT2D eigenvalue weighted by Gasteiger charge is -2.36. The minimum Gasteiger partial charge on any atom is -0.492 e. The molecule has 176 valence electrons. The molecule has 2 aromatic rings. The Morgan fingerprint density at radius 2 is 1.66 bits per heavy atom. The monoisotopic (exact) mass is 460 g/mol. The molecule has 0 N–H and O–H groups in total. The molecular formula is C25H36N2O4S. The Morgan fingerprint density at radius 3 is 2.28 bits per heavy atom. The Balaban J connectivity index is 1.86. The zero-order chi connectivity index (χ0) is 23.3. The number of piperazine rings is 1. The van der Waals surface area contributed by atoms with Crippen LogP contribution in [0.1, 0.15) is 51.2 Å². The summed E-state index contributed by atoms with van der Waals surface area (Å²) >= 11 is 0. The normalized spacial score (nSPS) is 15.2. The number of para-hydroxylation sites is 2. The van der Waals surface area contributed by atoms with Crippen molar-refractivity contribution in [2.45, 2.75) is 51.9 Å². The van der Waals surface area contributed by atoms with Crippen molar-refractivity contribution in [2.75, 3.05) is 44.3 Å². The summed E-state index contributed by atoms with van der Waals surface area (Å²) in [5.41, 5.74) is 3.11. The molecule has 0 unspecified atom stereocenters. The number of aryl methyl sites for hydroxylation is 1. The molecule has 0 aliphatic carbocycles. The Labute approximate surface area is 193 Å². The average molecular weight is 461 g/mol. The van der Waals surface area contributed by atoms with Gasteiger partial charge < -0.3 is 14.4 Å². The van der Waals surface area contributed by atoms with Gasteiger partial charge in [0.05, 0.1) is 18.9 Å². The first-order valence-electron chi connectivity index (χ1n) is 11.5. The van der Waals surface area contributed by atoms with Crippen LogP contribution in [-0.4, -0.2) is 52.1 Å². The highest BCUT2D eigenvalue weighted by Gasteiger charge is 2.32. The number of benzene rings is 2. The van der Waals surface area contributed by atoms with Crippen LogP contribution >= 0.6 is 0 Å². The molecule has 3 rings (SSSR count). The van der Waals surface area contributed by atoms with Gasteiger partial charge in [-0.05, 0) is 61.6 Å². The van der Waals surface area contributed by atoms with Gasteiger partial charge in [0, 0.05) is 26.2 Å². The van der Waals surface area contributed by atoms with Crippen LogP contribution in [0.2, 0.25) is 0 Å². The highest BCUT2D eigenvalue weighted by atomic mass is 32.2. The van der Waals surface area contributed by atoms with E-state index in [0.29, 0.717) is 45.1 Å². The summed E-state index contributed by atoms with van der Waals surface area (Å²) in [6, 6.07) is 11.6. The van der Waals surface area contributed by atoms with E-state index in [1.54, 1.807) is 4.31 Å². The van der Waals surface area contributed by atoms with Gasteiger partial charge in [0.15, 0.2) is 0 Å². The first-order valence-corrected chi connectivity index (χ1v) is 13.0. The Kier molecular flexibility index (Phi) is 8.06. The van der Waals surface area contributed by atoms with E-state index in [2.05, 4.69) is 18.7 Å². The van der Waals surface area contributed by atoms with Crippen LogP contribution in [0, 0.1) is 6.92 Å². The van der Waals surface area contributed by atoms with Crippen molar-refractivity contribution in [3.63, 3.8) is 0 Å². The van der Waals surface area contributed by atoms with Gasteiger partial charge in [-0.25, -0.2) is 8.42 Å². The summed E-state index contributed by atoms with van der Waals surface area (Å²) < 4.78 is 40.6. The maximum atomic E-state index is 13.7. The molecule has 1 aliphatic rings. The highest BCUT2D eigenvalue weighted by molar-refractivity contribution is 7.89. The van der Waals surface area contributed by atoms with Crippen LogP contribution in [0.25, 0.3) is 0 Å². The number of rotatable bonds is 9. The Bertz CT molecular complexity index is 1010. The van der Waals surface area contributed by atoms with E-state index in [0.717, 1.165) is 29.0 Å². The minimum absolute atomic E-state index is 0.232. The van der Waals surface area contributed by atoms with Crippen molar-refractivity contribution in [1.29, 1.82) is 0 Å². The molecule has 6 nitrogen and oxygen atoms in total. The van der Waals surface area contributed by atoms with Crippen molar-refractivity contribution in [1.82, 2.24) is 4.31 Å². The fourth-order valence-electron chi connectivity index (χ4n) is 4.13. The molecule has 7 heteroatoms. The molecule has 0 aromatic heterocycles. The summed E-state index contributed by atoms with van der Waals surface area (Å²) in [4.78, 5) is 2.48. The Morgan fingerprint density at radius 1 is 0.969 bits per heavy atom. The number of nitrogens with zero attached hydrogens (tertiary/aromatic N) is 2. The fraction of sp³-hybridized carbons (Fsp3) is 0.520. The summed E-state index contributed by atoms with van der Waals surface area (Å²) in [5.74, 6) is 1.52. The standard InChI is InChI=1S/C25H36N2O4S/c1-6-16-31-24-17-20(5)21(19(3)4)18-25(24)32(28,29)27-14-12-26(13-15-27)22-10-8-9-11-23(22)30-7-2/h8-11,17-19H,6-7,12-16H2,1-5H3. The molecule has 1 fully saturated rings. The number of sulfonamides is 1. The first-order chi connectivity index (χ1) is 15.3. The molecule has 1 saturated heterocycles. The molecule has 0 bridgehead atoms. The molecule has 0 atom stereocenters. The zero-order valence-corrected chi connectivity index (χ0v) is 20.7. The summed E-state index contributed by atoms with van der Waals surface area (Å²) in [5, 5.41) is 0. The topological polar surface area (TPSA) is 59.1 Å². The maximum absolute atomic E-state index is 13.7. The molecule has 1 heterocycles. The predicted octanol–water partition coefficient (Wildman–Crippen LogP) is 4.82. The minimum atomic E-state index is -3.67. The van der Waals surface area contributed by atoms with E-state index in [9.17, 15) is 8.42 Å². The Hall–Kier alpha value is -2.25. The number of hydrogen-bond donors (Lipinski definition) is 0. The van der Waals surface area contributed by atoms with Crippen LogP contribution in [-0.2, 0) is 10.0 Å². The van der Waals surface area contributed by atoms with Gasteiger partial charge in [0.25, 0.3) is 0 Å². The predicted molar refractivity (Wildman–Crippen MR) is 130 cm³/mol. The molecular weight excluding hydrogens is 424 g/mol. The van der Waals surface area contributed by atoms with E-state index < -0.39 is 10.0 Å². The third kappa shape index (κ3) is 5.21. The largest absolute Gasteiger partial charge is 0.492 e. The highest BCUT2D eigenvalue weighted by Crippen LogP contribution is 2.35. The van der Waals surface area contributed by atoms with Crippen molar-refractivity contribution < 1.29 is 17.9 Å². The summed E-state index contributed by atoms with van der Waals surface area (Å²) in [7, 11) is -3.67. The van der Waals surface area contributed by atoms with Crippen LogP contribution in [0.5, 0.6) is 11.5 Å². The van der Waals surface area contributed by atoms with Crippen LogP contribution in [0.4, 0.5) is 5.69 Å². The van der Waals surface area contributed by atoms with Crippen LogP contribution in [0.15, 0.2) is 41.3 Å². The van der Waals surface area contributed by atoms with Gasteiger partial charge in [-0.2, -0.15) is 4.31 Å². The number of ether oxygens (including phenoxy) is 2. The van der Waals surface area contributed by atoms with Crippen molar-refractivity contribution in [2.24, 2.45) is 0 Å². The van der Waals surface area contributed by atoms with E-state index in [1.807, 2.05) is 57.2 Å². The second-order valence-corrected chi connectivity index (χ2v) is 10.4. The van der Waals surface area contributed by atoms with Crippen LogP contribution in [0.3, 0.4) is 0 Å². The molecule has 1 aliphatic heterocycles. The lowest BCUT2D eigenvalue weighted by atomic mass is 9.98. The third-order valence-corrected chi connectivity index (χ3v) is 7.70. The second-order valence-electron chi connectivity index (χ2n) is 8.45. The molecule has 2 aromatic carbocycles. The molecule has 32 heavy (non-hydrogen) atoms. The van der Waals surface area contributed by atoms with Gasteiger partial charge in [-0.15, -0.1) is 0 Å². The molecule has 0 spiro atoms. The zero-order valence-electron chi connectivity index (χ0n) is 19.9. The van der Waals surface area contributed by atoms with Crippen molar-refractivity contribution >= 4 is 15.7 Å². The SMILES string of the molecule is CCCOc1cc(C)c(C(C)C)cc1S(=O)(=O)N1CCN(c2ccccc2OCC)CC1. The third-order valence-electron chi connectivity index (χ3n) is 5.78. The van der Waals surface area contributed by atoms with E-state index in [-0.39, 0.29) is 10.8 Å². The van der Waals surface area contributed by atoms with Crippen molar-refractivity contribution in [3.8, 4) is 11.5 Å². The van der Waals surface area contributed by atoms with E-state index >= 15 is 0 Å². The smallest absolute Gasteiger partial charge is 0.246 e. The van der Waals surface area contributed by atoms with Gasteiger partial charge in [-0.3, -0.25) is 0 Å². The quantitative estimate of drug-likeness (QED) is 0.537. The lowest BCUT2D eigenvalue weighted by Crippen LogP contribution is -2.48. The van der Waals surface area contributed by atoms with Crippen molar-refractivity contribution in [3.05, 3.63) is 47.5 Å². The molecule has 0 saturated carbocycles. The number of hydrogen-bond acceptors (Lipinski definition) is 5. The van der Waals surface area contributed by atoms with Gasteiger partial charge >= 0.3 is 0 Å². The second kappa shape index (κ2) is 10.6. The van der Waals surface area contributed by atoms with Gasteiger partial charge in [0.2, 0.25) is 10.0 Å². The summed E-state index contributed by atoms with van der Waals surface area (Å²) in [6.07, 6.45) is 0.822. The average Bonchev–Trinajstić information content (AvgIpc) is 2.78.